The first-order valence-electron chi connectivity index (χ1n) is 3.86. The van der Waals surface area contributed by atoms with Crippen molar-refractivity contribution >= 4 is 38.3 Å². The number of hydrogen-bond donors (Lipinski definition) is 0. The molecule has 0 unspecified atom stereocenters. The van der Waals surface area contributed by atoms with E-state index in [9.17, 15) is 0 Å². The monoisotopic (exact) mass is 272 g/mol. The molecule has 72 valence electrons. The van der Waals surface area contributed by atoms with Gasteiger partial charge in [-0.05, 0) is 22.0 Å². The summed E-state index contributed by atoms with van der Waals surface area (Å²) in [5, 5.41) is 2.23. The number of fused-ring (bicyclic) bond motifs is 1. The summed E-state index contributed by atoms with van der Waals surface area (Å²) in [5.74, 6) is 0.548. The van der Waals surface area contributed by atoms with Crippen LogP contribution in [0.15, 0.2) is 22.9 Å². The van der Waals surface area contributed by atoms with E-state index in [1.807, 2.05) is 0 Å². The highest BCUT2D eigenvalue weighted by atomic mass is 79.9. The molecule has 0 aromatic carbocycles. The summed E-state index contributed by atoms with van der Waals surface area (Å²) < 4.78 is 5.98. The molecule has 0 saturated heterocycles. The van der Waals surface area contributed by atoms with Crippen LogP contribution in [-0.4, -0.2) is 17.1 Å². The van der Waals surface area contributed by atoms with Crippen LogP contribution in [0.2, 0.25) is 5.15 Å². The third kappa shape index (κ3) is 1.55. The highest BCUT2D eigenvalue weighted by molar-refractivity contribution is 9.10. The molecule has 0 aliphatic heterocycles. The highest BCUT2D eigenvalue weighted by Crippen LogP contribution is 2.29. The van der Waals surface area contributed by atoms with Crippen LogP contribution in [0.4, 0.5) is 0 Å². The van der Waals surface area contributed by atoms with Crippen LogP contribution < -0.4 is 4.74 Å². The Labute approximate surface area is 94.2 Å². The fourth-order valence-corrected chi connectivity index (χ4v) is 1.80. The fraction of sp³-hybridized carbons (Fsp3) is 0.111. The summed E-state index contributed by atoms with van der Waals surface area (Å²) in [5.41, 5.74) is 0. The van der Waals surface area contributed by atoms with E-state index in [1.54, 1.807) is 25.6 Å². The molecule has 2 aromatic rings. The SMILES string of the molecule is COc1ncc(Br)c2cc(Cl)ncc12. The first-order valence-corrected chi connectivity index (χ1v) is 5.03. The summed E-state index contributed by atoms with van der Waals surface area (Å²) in [6.45, 7) is 0. The number of hydrogen-bond acceptors (Lipinski definition) is 3. The van der Waals surface area contributed by atoms with Crippen molar-refractivity contribution in [2.45, 2.75) is 0 Å². The minimum atomic E-state index is 0.450. The molecule has 0 amide bonds. The van der Waals surface area contributed by atoms with E-state index in [-0.39, 0.29) is 0 Å². The quantitative estimate of drug-likeness (QED) is 0.749. The Morgan fingerprint density at radius 1 is 1.29 bits per heavy atom. The van der Waals surface area contributed by atoms with Crippen molar-refractivity contribution < 1.29 is 4.74 Å². The zero-order valence-corrected chi connectivity index (χ0v) is 9.63. The van der Waals surface area contributed by atoms with Gasteiger partial charge in [-0.1, -0.05) is 11.6 Å². The van der Waals surface area contributed by atoms with E-state index < -0.39 is 0 Å². The number of rotatable bonds is 1. The summed E-state index contributed by atoms with van der Waals surface area (Å²) in [6, 6.07) is 1.77. The molecular weight excluding hydrogens is 267 g/mol. The zero-order valence-electron chi connectivity index (χ0n) is 7.29. The Morgan fingerprint density at radius 3 is 2.79 bits per heavy atom. The van der Waals surface area contributed by atoms with Crippen LogP contribution in [0, 0.1) is 0 Å². The molecule has 0 bridgehead atoms. The molecule has 0 spiro atoms. The number of nitrogens with zero attached hydrogens (tertiary/aromatic N) is 2. The van der Waals surface area contributed by atoms with Crippen molar-refractivity contribution in [1.82, 2.24) is 9.97 Å². The molecule has 0 atom stereocenters. The standard InChI is InChI=1S/C9H6BrClN2O/c1-14-9-6-3-12-8(11)2-5(6)7(10)4-13-9/h2-4H,1H3. The average molecular weight is 274 g/mol. The van der Waals surface area contributed by atoms with Crippen molar-refractivity contribution in [3.8, 4) is 5.88 Å². The van der Waals surface area contributed by atoms with Gasteiger partial charge in [0.2, 0.25) is 5.88 Å². The summed E-state index contributed by atoms with van der Waals surface area (Å²) in [4.78, 5) is 8.08. The van der Waals surface area contributed by atoms with Crippen LogP contribution in [-0.2, 0) is 0 Å². The van der Waals surface area contributed by atoms with Crippen LogP contribution in [0.25, 0.3) is 10.8 Å². The molecule has 14 heavy (non-hydrogen) atoms. The van der Waals surface area contributed by atoms with Crippen molar-refractivity contribution in [3.05, 3.63) is 28.1 Å². The normalized spacial score (nSPS) is 10.5. The summed E-state index contributed by atoms with van der Waals surface area (Å²) >= 11 is 9.18. The maximum atomic E-state index is 5.79. The lowest BCUT2D eigenvalue weighted by molar-refractivity contribution is 0.403. The summed E-state index contributed by atoms with van der Waals surface area (Å²) in [7, 11) is 1.57. The molecule has 2 heterocycles. The fourth-order valence-electron chi connectivity index (χ4n) is 1.21. The van der Waals surface area contributed by atoms with Crippen molar-refractivity contribution in [1.29, 1.82) is 0 Å². The van der Waals surface area contributed by atoms with E-state index in [0.29, 0.717) is 11.0 Å². The van der Waals surface area contributed by atoms with Gasteiger partial charge in [-0.15, -0.1) is 0 Å². The van der Waals surface area contributed by atoms with E-state index in [2.05, 4.69) is 25.9 Å². The summed E-state index contributed by atoms with van der Waals surface area (Å²) in [6.07, 6.45) is 3.33. The Bertz CT molecular complexity index is 489. The van der Waals surface area contributed by atoms with Gasteiger partial charge in [-0.3, -0.25) is 0 Å². The molecule has 0 aliphatic carbocycles. The Kier molecular flexibility index (Phi) is 2.56. The first kappa shape index (κ1) is 9.68. The molecule has 2 rings (SSSR count). The molecule has 0 saturated carbocycles. The van der Waals surface area contributed by atoms with Crippen LogP contribution >= 0.6 is 27.5 Å². The van der Waals surface area contributed by atoms with Crippen LogP contribution in [0.3, 0.4) is 0 Å². The Morgan fingerprint density at radius 2 is 2.07 bits per heavy atom. The molecule has 0 fully saturated rings. The van der Waals surface area contributed by atoms with Gasteiger partial charge in [0, 0.05) is 22.3 Å². The third-order valence-electron chi connectivity index (χ3n) is 1.85. The molecule has 2 aromatic heterocycles. The van der Waals surface area contributed by atoms with E-state index in [4.69, 9.17) is 16.3 Å². The first-order chi connectivity index (χ1) is 6.72. The number of ether oxygens (including phenoxy) is 1. The average Bonchev–Trinajstić information content (AvgIpc) is 2.19. The highest BCUT2D eigenvalue weighted by Gasteiger charge is 2.07. The second-order valence-electron chi connectivity index (χ2n) is 2.67. The largest absolute Gasteiger partial charge is 0.481 e. The molecule has 3 nitrogen and oxygen atoms in total. The van der Waals surface area contributed by atoms with Gasteiger partial charge in [-0.2, -0.15) is 0 Å². The maximum Gasteiger partial charge on any atom is 0.222 e. The van der Waals surface area contributed by atoms with E-state index in [0.717, 1.165) is 15.2 Å². The lowest BCUT2D eigenvalue weighted by Gasteiger charge is -2.05. The molecule has 0 radical (unpaired) electrons. The van der Waals surface area contributed by atoms with E-state index >= 15 is 0 Å². The van der Waals surface area contributed by atoms with Gasteiger partial charge in [0.1, 0.15) is 5.15 Å². The van der Waals surface area contributed by atoms with Gasteiger partial charge in [0.15, 0.2) is 0 Å². The number of aromatic nitrogens is 2. The lowest BCUT2D eigenvalue weighted by atomic mass is 10.2. The van der Waals surface area contributed by atoms with Gasteiger partial charge in [0.05, 0.1) is 12.5 Å². The van der Waals surface area contributed by atoms with Crippen LogP contribution in [0.5, 0.6) is 5.88 Å². The Hall–Kier alpha value is -0.870. The van der Waals surface area contributed by atoms with Crippen LogP contribution in [0.1, 0.15) is 0 Å². The Balaban J connectivity index is 2.84. The molecule has 0 aliphatic rings. The van der Waals surface area contributed by atoms with Crippen molar-refractivity contribution in [2.24, 2.45) is 0 Å². The topological polar surface area (TPSA) is 35.0 Å². The second-order valence-corrected chi connectivity index (χ2v) is 3.91. The van der Waals surface area contributed by atoms with Crippen molar-refractivity contribution in [2.75, 3.05) is 7.11 Å². The predicted molar refractivity (Wildman–Crippen MR) is 58.8 cm³/mol. The molecule has 0 N–H and O–H groups in total. The lowest BCUT2D eigenvalue weighted by Crippen LogP contribution is -1.90. The number of pyridine rings is 2. The zero-order chi connectivity index (χ0) is 10.1. The smallest absolute Gasteiger partial charge is 0.222 e. The number of methoxy groups -OCH3 is 1. The van der Waals surface area contributed by atoms with Gasteiger partial charge < -0.3 is 4.74 Å². The van der Waals surface area contributed by atoms with Crippen molar-refractivity contribution in [3.63, 3.8) is 0 Å². The van der Waals surface area contributed by atoms with E-state index in [1.165, 1.54) is 0 Å². The van der Waals surface area contributed by atoms with Gasteiger partial charge >= 0.3 is 0 Å². The molecule has 5 heteroatoms. The minimum Gasteiger partial charge on any atom is -0.481 e. The number of halogens is 2. The molecular formula is C9H6BrClN2O. The second kappa shape index (κ2) is 3.71. The van der Waals surface area contributed by atoms with Gasteiger partial charge in [0.25, 0.3) is 0 Å². The predicted octanol–water partition coefficient (Wildman–Crippen LogP) is 3.05. The maximum absolute atomic E-state index is 5.79. The third-order valence-corrected chi connectivity index (χ3v) is 2.69. The van der Waals surface area contributed by atoms with Gasteiger partial charge in [-0.25, -0.2) is 9.97 Å². The minimum absolute atomic E-state index is 0.450.